The van der Waals surface area contributed by atoms with E-state index in [0.29, 0.717) is 18.3 Å². The van der Waals surface area contributed by atoms with Gasteiger partial charge in [0.25, 0.3) is 0 Å². The van der Waals surface area contributed by atoms with Gasteiger partial charge in [0, 0.05) is 12.2 Å². The molecule has 1 saturated carbocycles. The first-order valence-electron chi connectivity index (χ1n) is 9.54. The zero-order valence-corrected chi connectivity index (χ0v) is 15.4. The summed E-state index contributed by atoms with van der Waals surface area (Å²) in [5.41, 5.74) is 4.59. The molecule has 5 rings (SSSR count). The van der Waals surface area contributed by atoms with Crippen LogP contribution in [0.1, 0.15) is 30.1 Å². The smallest absolute Gasteiger partial charge is 0.170 e. The molecule has 1 fully saturated rings. The van der Waals surface area contributed by atoms with Crippen molar-refractivity contribution in [1.82, 2.24) is 19.5 Å². The average molecular weight is 371 g/mol. The maximum absolute atomic E-state index is 10.3. The zero-order valence-electron chi connectivity index (χ0n) is 15.4. The highest BCUT2D eigenvalue weighted by atomic mass is 16.3. The van der Waals surface area contributed by atoms with Crippen molar-refractivity contribution in [3.63, 3.8) is 0 Å². The van der Waals surface area contributed by atoms with Gasteiger partial charge >= 0.3 is 0 Å². The number of aromatic nitrogens is 4. The summed E-state index contributed by atoms with van der Waals surface area (Å²) in [6.07, 6.45) is 5.19. The fraction of sp³-hybridized carbons (Fsp3) is 0.227. The van der Waals surface area contributed by atoms with Crippen LogP contribution >= 0.6 is 0 Å². The highest BCUT2D eigenvalue weighted by molar-refractivity contribution is 5.83. The van der Waals surface area contributed by atoms with Crippen LogP contribution in [0.15, 0.2) is 67.3 Å². The molecule has 140 valence electrons. The van der Waals surface area contributed by atoms with Gasteiger partial charge in [0.1, 0.15) is 12.7 Å². The van der Waals surface area contributed by atoms with E-state index in [9.17, 15) is 5.11 Å². The fourth-order valence-corrected chi connectivity index (χ4v) is 3.45. The third-order valence-corrected chi connectivity index (χ3v) is 5.22. The Kier molecular flexibility index (Phi) is 4.25. The summed E-state index contributed by atoms with van der Waals surface area (Å²) < 4.78 is 1.94. The van der Waals surface area contributed by atoms with Gasteiger partial charge < -0.3 is 10.4 Å². The minimum atomic E-state index is -0.357. The predicted octanol–water partition coefficient (Wildman–Crippen LogP) is 3.87. The van der Waals surface area contributed by atoms with Gasteiger partial charge in [-0.3, -0.25) is 4.57 Å². The van der Waals surface area contributed by atoms with E-state index in [0.717, 1.165) is 35.3 Å². The minimum absolute atomic E-state index is 0.357. The van der Waals surface area contributed by atoms with E-state index in [1.807, 2.05) is 47.0 Å². The summed E-state index contributed by atoms with van der Waals surface area (Å²) in [5, 5.41) is 13.6. The van der Waals surface area contributed by atoms with Crippen molar-refractivity contribution in [3.8, 4) is 5.69 Å². The van der Waals surface area contributed by atoms with E-state index in [2.05, 4.69) is 32.4 Å². The standard InChI is InChI=1S/C22H21N5O/c28-20(16-6-7-16)17-8-10-18(11-9-17)27-14-26-19-21(24-13-25-22(19)27)23-12-15-4-2-1-3-5-15/h1-5,8-11,13-14,16,20,28H,6-7,12H2,(H,23,24,25). The first kappa shape index (κ1) is 16.9. The van der Waals surface area contributed by atoms with Crippen molar-refractivity contribution >= 4 is 17.0 Å². The minimum Gasteiger partial charge on any atom is -0.388 e. The molecular weight excluding hydrogens is 350 g/mol. The normalized spacial score (nSPS) is 14.9. The van der Waals surface area contributed by atoms with E-state index in [-0.39, 0.29) is 6.10 Å². The Hall–Kier alpha value is -3.25. The Bertz CT molecular complexity index is 1090. The lowest BCUT2D eigenvalue weighted by Crippen LogP contribution is -2.03. The van der Waals surface area contributed by atoms with E-state index >= 15 is 0 Å². The highest BCUT2D eigenvalue weighted by Gasteiger charge is 2.30. The molecule has 1 aliphatic rings. The number of aliphatic hydroxyl groups is 1. The number of imidazole rings is 1. The molecule has 1 aliphatic carbocycles. The van der Waals surface area contributed by atoms with Crippen LogP contribution in [-0.2, 0) is 6.54 Å². The molecule has 1 unspecified atom stereocenters. The monoisotopic (exact) mass is 371 g/mol. The van der Waals surface area contributed by atoms with Gasteiger partial charge in [-0.05, 0) is 42.0 Å². The summed E-state index contributed by atoms with van der Waals surface area (Å²) in [4.78, 5) is 13.3. The third kappa shape index (κ3) is 3.23. The van der Waals surface area contributed by atoms with Crippen molar-refractivity contribution in [3.05, 3.63) is 78.4 Å². The topological polar surface area (TPSA) is 75.9 Å². The second kappa shape index (κ2) is 7.05. The maximum Gasteiger partial charge on any atom is 0.170 e. The summed E-state index contributed by atoms with van der Waals surface area (Å²) in [6.45, 7) is 0.674. The van der Waals surface area contributed by atoms with Crippen LogP contribution in [0.25, 0.3) is 16.9 Å². The molecule has 2 N–H and O–H groups in total. The van der Waals surface area contributed by atoms with Crippen molar-refractivity contribution in [2.24, 2.45) is 5.92 Å². The molecule has 4 aromatic rings. The molecule has 0 aliphatic heterocycles. The van der Waals surface area contributed by atoms with Gasteiger partial charge in [-0.25, -0.2) is 15.0 Å². The number of nitrogens with zero attached hydrogens (tertiary/aromatic N) is 4. The molecule has 2 aromatic heterocycles. The molecule has 0 bridgehead atoms. The maximum atomic E-state index is 10.3. The lowest BCUT2D eigenvalue weighted by Gasteiger charge is -2.11. The molecule has 0 amide bonds. The molecule has 0 saturated heterocycles. The average Bonchev–Trinajstić information content (AvgIpc) is 3.51. The van der Waals surface area contributed by atoms with Crippen molar-refractivity contribution in [2.45, 2.75) is 25.5 Å². The van der Waals surface area contributed by atoms with Crippen molar-refractivity contribution in [2.75, 3.05) is 5.32 Å². The predicted molar refractivity (Wildman–Crippen MR) is 108 cm³/mol. The SMILES string of the molecule is OC(c1ccc(-n2cnc3c(NCc4ccccc4)ncnc32)cc1)C1CC1. The van der Waals surface area contributed by atoms with Gasteiger partial charge in [-0.1, -0.05) is 42.5 Å². The molecular formula is C22H21N5O. The first-order chi connectivity index (χ1) is 13.8. The Morgan fingerprint density at radius 2 is 1.79 bits per heavy atom. The lowest BCUT2D eigenvalue weighted by atomic mass is 10.1. The van der Waals surface area contributed by atoms with E-state index in [1.54, 1.807) is 12.7 Å². The van der Waals surface area contributed by atoms with Crippen LogP contribution in [0.3, 0.4) is 0 Å². The highest BCUT2D eigenvalue weighted by Crippen LogP contribution is 2.40. The number of aliphatic hydroxyl groups excluding tert-OH is 1. The molecule has 1 atom stereocenters. The number of anilines is 1. The third-order valence-electron chi connectivity index (χ3n) is 5.22. The second-order valence-corrected chi connectivity index (χ2v) is 7.22. The molecule has 6 nitrogen and oxygen atoms in total. The number of fused-ring (bicyclic) bond motifs is 1. The summed E-state index contributed by atoms with van der Waals surface area (Å²) in [7, 11) is 0. The molecule has 2 aromatic carbocycles. The molecule has 6 heteroatoms. The van der Waals surface area contributed by atoms with E-state index < -0.39 is 0 Å². The molecule has 0 spiro atoms. The van der Waals surface area contributed by atoms with Gasteiger partial charge in [-0.2, -0.15) is 0 Å². The largest absolute Gasteiger partial charge is 0.388 e. The van der Waals surface area contributed by atoms with Crippen LogP contribution in [0.4, 0.5) is 5.82 Å². The molecule has 2 heterocycles. The number of hydrogen-bond donors (Lipinski definition) is 2. The van der Waals surface area contributed by atoms with Gasteiger partial charge in [0.2, 0.25) is 0 Å². The Balaban J connectivity index is 1.41. The molecule has 0 radical (unpaired) electrons. The van der Waals surface area contributed by atoms with Crippen LogP contribution < -0.4 is 5.32 Å². The van der Waals surface area contributed by atoms with Crippen LogP contribution in [0.5, 0.6) is 0 Å². The van der Waals surface area contributed by atoms with Gasteiger partial charge in [0.15, 0.2) is 17.0 Å². The Labute approximate surface area is 162 Å². The van der Waals surface area contributed by atoms with Crippen molar-refractivity contribution in [1.29, 1.82) is 0 Å². The Morgan fingerprint density at radius 3 is 2.54 bits per heavy atom. The fourth-order valence-electron chi connectivity index (χ4n) is 3.45. The molecule has 28 heavy (non-hydrogen) atoms. The number of rotatable bonds is 6. The van der Waals surface area contributed by atoms with Gasteiger partial charge in [-0.15, -0.1) is 0 Å². The quantitative estimate of drug-likeness (QED) is 0.538. The number of benzene rings is 2. The van der Waals surface area contributed by atoms with E-state index in [1.165, 1.54) is 5.56 Å². The summed E-state index contributed by atoms with van der Waals surface area (Å²) >= 11 is 0. The first-order valence-corrected chi connectivity index (χ1v) is 9.54. The zero-order chi connectivity index (χ0) is 18.9. The van der Waals surface area contributed by atoms with Gasteiger partial charge in [0.05, 0.1) is 6.10 Å². The number of hydrogen-bond acceptors (Lipinski definition) is 5. The summed E-state index contributed by atoms with van der Waals surface area (Å²) in [5.74, 6) is 1.14. The van der Waals surface area contributed by atoms with Crippen LogP contribution in [0, 0.1) is 5.92 Å². The van der Waals surface area contributed by atoms with Crippen LogP contribution in [0.2, 0.25) is 0 Å². The van der Waals surface area contributed by atoms with Crippen LogP contribution in [-0.4, -0.2) is 24.6 Å². The Morgan fingerprint density at radius 1 is 1.00 bits per heavy atom. The van der Waals surface area contributed by atoms with E-state index in [4.69, 9.17) is 0 Å². The summed E-state index contributed by atoms with van der Waals surface area (Å²) in [6, 6.07) is 18.2. The number of nitrogens with one attached hydrogen (secondary N) is 1. The van der Waals surface area contributed by atoms with Crippen molar-refractivity contribution < 1.29 is 5.11 Å². The second-order valence-electron chi connectivity index (χ2n) is 7.22. The lowest BCUT2D eigenvalue weighted by molar-refractivity contribution is 0.154.